The number of rotatable bonds is 3. The molecule has 3 aromatic heterocycles. The molecule has 2 atom stereocenters. The number of allylic oxidation sites excluding steroid dienone is 1. The maximum Gasteiger partial charge on any atom is 0.137 e. The molecule has 0 spiro atoms. The minimum atomic E-state index is 0.0980. The number of aromatic nitrogens is 3. The predicted molar refractivity (Wildman–Crippen MR) is 188 cm³/mol. The monoisotopic (exact) mass is 578 g/mol. The number of hydrogen-bond acceptors (Lipinski definition) is 2. The number of fused-ring (bicyclic) bond motifs is 7. The van der Waals surface area contributed by atoms with Gasteiger partial charge in [-0.05, 0) is 48.4 Å². The first-order valence-electron chi connectivity index (χ1n) is 15.5. The zero-order valence-corrected chi connectivity index (χ0v) is 24.9. The Bertz CT molecular complexity index is 2430. The molecule has 1 aliphatic heterocycles. The van der Waals surface area contributed by atoms with Gasteiger partial charge in [-0.25, -0.2) is 4.98 Å². The first-order valence-corrected chi connectivity index (χ1v) is 15.5. The van der Waals surface area contributed by atoms with E-state index in [9.17, 15) is 0 Å². The Kier molecular flexibility index (Phi) is 5.82. The molecule has 0 saturated heterocycles. The van der Waals surface area contributed by atoms with Crippen molar-refractivity contribution in [1.29, 1.82) is 0 Å². The standard InChI is InChI=1S/C41H30N4/c1-27-31(29-14-6-3-7-15-29)23-25-39(43-27)45-37-19-11-9-17-33(37)35-22-21-34-32-16-8-10-18-36(32)44(40(34)41(35)45)38-24-20-30(26-42-38)28-12-4-2-5-13-28/h2-27,31H,1H3. The second-order valence-corrected chi connectivity index (χ2v) is 11.9. The van der Waals surface area contributed by atoms with Gasteiger partial charge in [-0.2, -0.15) is 0 Å². The van der Waals surface area contributed by atoms with Gasteiger partial charge in [-0.3, -0.25) is 14.1 Å². The Morgan fingerprint density at radius 3 is 1.78 bits per heavy atom. The first kappa shape index (κ1) is 25.7. The van der Waals surface area contributed by atoms with E-state index in [1.54, 1.807) is 0 Å². The van der Waals surface area contributed by atoms with Gasteiger partial charge in [0.05, 0.1) is 28.1 Å². The van der Waals surface area contributed by atoms with Crippen molar-refractivity contribution in [3.05, 3.63) is 157 Å². The highest BCUT2D eigenvalue weighted by Gasteiger charge is 2.25. The number of para-hydroxylation sites is 2. The van der Waals surface area contributed by atoms with E-state index in [1.165, 1.54) is 27.1 Å². The molecule has 214 valence electrons. The molecule has 4 heteroatoms. The van der Waals surface area contributed by atoms with Crippen molar-refractivity contribution in [1.82, 2.24) is 14.1 Å². The van der Waals surface area contributed by atoms with Crippen LogP contribution in [-0.4, -0.2) is 26.0 Å². The van der Waals surface area contributed by atoms with Gasteiger partial charge in [0.1, 0.15) is 11.7 Å². The van der Waals surface area contributed by atoms with Gasteiger partial charge in [-0.15, -0.1) is 0 Å². The third-order valence-corrected chi connectivity index (χ3v) is 9.27. The van der Waals surface area contributed by atoms with Crippen molar-refractivity contribution in [3.63, 3.8) is 0 Å². The molecule has 2 unspecified atom stereocenters. The van der Waals surface area contributed by atoms with Crippen LogP contribution in [0.5, 0.6) is 0 Å². The average Bonchev–Trinajstić information content (AvgIpc) is 3.62. The van der Waals surface area contributed by atoms with Crippen LogP contribution in [0, 0.1) is 0 Å². The summed E-state index contributed by atoms with van der Waals surface area (Å²) in [6.07, 6.45) is 6.52. The molecule has 0 fully saturated rings. The van der Waals surface area contributed by atoms with Gasteiger partial charge >= 0.3 is 0 Å². The van der Waals surface area contributed by atoms with Crippen molar-refractivity contribution in [3.8, 4) is 16.9 Å². The summed E-state index contributed by atoms with van der Waals surface area (Å²) >= 11 is 0. The van der Waals surface area contributed by atoms with Crippen molar-refractivity contribution in [2.45, 2.75) is 18.9 Å². The fourth-order valence-corrected chi connectivity index (χ4v) is 7.18. The quantitative estimate of drug-likeness (QED) is 0.205. The number of benzene rings is 5. The van der Waals surface area contributed by atoms with E-state index >= 15 is 0 Å². The zero-order valence-electron chi connectivity index (χ0n) is 24.9. The van der Waals surface area contributed by atoms with Crippen LogP contribution in [0.3, 0.4) is 0 Å². The number of hydrogen-bond donors (Lipinski definition) is 0. The lowest BCUT2D eigenvalue weighted by atomic mass is 9.91. The van der Waals surface area contributed by atoms with Crippen molar-refractivity contribution < 1.29 is 0 Å². The molecule has 0 aliphatic carbocycles. The van der Waals surface area contributed by atoms with E-state index in [0.29, 0.717) is 0 Å². The van der Waals surface area contributed by atoms with Crippen LogP contribution >= 0.6 is 0 Å². The van der Waals surface area contributed by atoms with E-state index < -0.39 is 0 Å². The molecular weight excluding hydrogens is 548 g/mol. The van der Waals surface area contributed by atoms with Crippen molar-refractivity contribution in [2.75, 3.05) is 0 Å². The van der Waals surface area contributed by atoms with Gasteiger partial charge in [0.25, 0.3) is 0 Å². The Labute approximate surface area is 261 Å². The number of aliphatic imine (C=N–C) groups is 1. The fraction of sp³-hybridized carbons (Fsp3) is 0.0732. The Morgan fingerprint density at radius 1 is 0.533 bits per heavy atom. The smallest absolute Gasteiger partial charge is 0.137 e. The summed E-state index contributed by atoms with van der Waals surface area (Å²) in [6.45, 7) is 2.22. The molecule has 0 amide bonds. The highest BCUT2D eigenvalue weighted by Crippen LogP contribution is 2.41. The summed E-state index contributed by atoms with van der Waals surface area (Å²) in [5, 5.41) is 4.83. The molecule has 0 N–H and O–H groups in total. The molecule has 5 aromatic carbocycles. The topological polar surface area (TPSA) is 35.1 Å². The van der Waals surface area contributed by atoms with Crippen LogP contribution < -0.4 is 0 Å². The second kappa shape index (κ2) is 10.2. The van der Waals surface area contributed by atoms with E-state index in [0.717, 1.165) is 44.8 Å². The summed E-state index contributed by atoms with van der Waals surface area (Å²) in [5.74, 6) is 2.09. The second-order valence-electron chi connectivity index (χ2n) is 11.9. The Morgan fingerprint density at radius 2 is 1.13 bits per heavy atom. The van der Waals surface area contributed by atoms with Crippen LogP contribution in [0.25, 0.3) is 60.6 Å². The molecule has 9 rings (SSSR count). The minimum Gasteiger partial charge on any atom is -0.292 e. The van der Waals surface area contributed by atoms with Crippen molar-refractivity contribution >= 4 is 49.4 Å². The summed E-state index contributed by atoms with van der Waals surface area (Å²) < 4.78 is 4.70. The molecule has 4 nitrogen and oxygen atoms in total. The maximum atomic E-state index is 5.36. The van der Waals surface area contributed by atoms with E-state index in [2.05, 4.69) is 156 Å². The van der Waals surface area contributed by atoms with E-state index in [4.69, 9.17) is 9.98 Å². The Hall–Kier alpha value is -5.74. The summed E-state index contributed by atoms with van der Waals surface area (Å²) in [4.78, 5) is 10.4. The molecule has 45 heavy (non-hydrogen) atoms. The molecule has 0 bridgehead atoms. The predicted octanol–water partition coefficient (Wildman–Crippen LogP) is 9.94. The summed E-state index contributed by atoms with van der Waals surface area (Å²) in [5.41, 5.74) is 8.12. The number of dihydropyridines is 1. The Balaban J connectivity index is 1.33. The number of nitrogens with zero attached hydrogens (tertiary/aromatic N) is 4. The maximum absolute atomic E-state index is 5.36. The van der Waals surface area contributed by atoms with Crippen LogP contribution in [0.2, 0.25) is 0 Å². The van der Waals surface area contributed by atoms with Crippen LogP contribution in [0.15, 0.2) is 157 Å². The van der Waals surface area contributed by atoms with Gasteiger partial charge in [0.15, 0.2) is 0 Å². The summed E-state index contributed by atoms with van der Waals surface area (Å²) in [7, 11) is 0. The van der Waals surface area contributed by atoms with Crippen LogP contribution in [0.4, 0.5) is 0 Å². The molecule has 0 radical (unpaired) electrons. The van der Waals surface area contributed by atoms with Gasteiger partial charge in [0.2, 0.25) is 0 Å². The minimum absolute atomic E-state index is 0.0980. The zero-order chi connectivity index (χ0) is 29.9. The highest BCUT2D eigenvalue weighted by atomic mass is 15.1. The van der Waals surface area contributed by atoms with Gasteiger partial charge in [-0.1, -0.05) is 115 Å². The van der Waals surface area contributed by atoms with Crippen molar-refractivity contribution in [2.24, 2.45) is 4.99 Å². The van der Waals surface area contributed by atoms with Gasteiger partial charge < -0.3 is 0 Å². The number of pyridine rings is 1. The van der Waals surface area contributed by atoms with Crippen LogP contribution in [0.1, 0.15) is 18.4 Å². The first-order chi connectivity index (χ1) is 22.3. The van der Waals surface area contributed by atoms with Gasteiger partial charge in [0, 0.05) is 39.2 Å². The molecule has 0 saturated carbocycles. The average molecular weight is 579 g/mol. The largest absolute Gasteiger partial charge is 0.292 e. The fourth-order valence-electron chi connectivity index (χ4n) is 7.18. The molecule has 4 heterocycles. The van der Waals surface area contributed by atoms with E-state index in [1.807, 2.05) is 12.3 Å². The lowest BCUT2D eigenvalue weighted by molar-refractivity contribution is 0.654. The molecular formula is C41H30N4. The lowest BCUT2D eigenvalue weighted by Gasteiger charge is -2.24. The summed E-state index contributed by atoms with van der Waals surface area (Å²) in [6, 6.07) is 47.4. The SMILES string of the molecule is CC1N=C(n2c3ccccc3c3ccc4c5ccccc5n(-c5ccc(-c6ccccc6)cn5)c4c32)C=CC1c1ccccc1. The third-order valence-electron chi connectivity index (χ3n) is 9.27. The third kappa shape index (κ3) is 3.99. The molecule has 1 aliphatic rings. The normalized spacial score (nSPS) is 16.6. The van der Waals surface area contributed by atoms with E-state index in [-0.39, 0.29) is 12.0 Å². The lowest BCUT2D eigenvalue weighted by Crippen LogP contribution is -2.22. The highest BCUT2D eigenvalue weighted by molar-refractivity contribution is 6.26. The van der Waals surface area contributed by atoms with Crippen LogP contribution in [-0.2, 0) is 0 Å². The molecule has 8 aromatic rings.